The lowest BCUT2D eigenvalue weighted by Gasteiger charge is -2.43. The Kier molecular flexibility index (Phi) is 6.13. The van der Waals surface area contributed by atoms with Crippen molar-refractivity contribution in [3.05, 3.63) is 35.9 Å². The van der Waals surface area contributed by atoms with Crippen LogP contribution in [0.25, 0.3) is 0 Å². The monoisotopic (exact) mass is 345 g/mol. The Morgan fingerprint density at radius 3 is 2.80 bits per heavy atom. The fourth-order valence-electron chi connectivity index (χ4n) is 4.55. The molecule has 1 saturated heterocycles. The molecule has 3 atom stereocenters. The highest BCUT2D eigenvalue weighted by atomic mass is 16.5. The third-order valence-corrected chi connectivity index (χ3v) is 5.93. The van der Waals surface area contributed by atoms with E-state index in [9.17, 15) is 9.90 Å². The van der Waals surface area contributed by atoms with Gasteiger partial charge in [-0.15, -0.1) is 0 Å². The summed E-state index contributed by atoms with van der Waals surface area (Å²) in [5.74, 6) is 0.286. The van der Waals surface area contributed by atoms with Gasteiger partial charge in [-0.25, -0.2) is 0 Å². The summed E-state index contributed by atoms with van der Waals surface area (Å²) in [6.07, 6.45) is 7.00. The van der Waals surface area contributed by atoms with Crippen LogP contribution in [0.5, 0.6) is 0 Å². The van der Waals surface area contributed by atoms with E-state index in [0.29, 0.717) is 6.61 Å². The van der Waals surface area contributed by atoms with Crippen molar-refractivity contribution in [2.75, 3.05) is 19.8 Å². The lowest BCUT2D eigenvalue weighted by molar-refractivity contribution is -0.141. The summed E-state index contributed by atoms with van der Waals surface area (Å²) in [6.45, 7) is 3.47. The van der Waals surface area contributed by atoms with Gasteiger partial charge in [0.2, 0.25) is 5.91 Å². The van der Waals surface area contributed by atoms with Crippen LogP contribution in [0, 0.1) is 5.92 Å². The van der Waals surface area contributed by atoms with Gasteiger partial charge in [0.1, 0.15) is 6.61 Å². The number of likely N-dealkylation sites (tertiary alicyclic amines) is 1. The molecule has 4 nitrogen and oxygen atoms in total. The van der Waals surface area contributed by atoms with E-state index in [1.165, 1.54) is 5.56 Å². The number of ether oxygens (including phenoxy) is 1. The SMILES string of the molecule is C[C@]1(O)CCCC[C@@H]1[C@H]1CCCN1C(=O)COCCc1ccccc1. The molecule has 1 aromatic carbocycles. The average Bonchev–Trinajstić information content (AvgIpc) is 3.08. The second-order valence-corrected chi connectivity index (χ2v) is 7.79. The van der Waals surface area contributed by atoms with Gasteiger partial charge in [-0.3, -0.25) is 4.79 Å². The topological polar surface area (TPSA) is 49.8 Å². The molecule has 3 rings (SSSR count). The van der Waals surface area contributed by atoms with E-state index in [0.717, 1.165) is 51.5 Å². The van der Waals surface area contributed by atoms with Gasteiger partial charge in [-0.1, -0.05) is 43.2 Å². The first-order chi connectivity index (χ1) is 12.1. The molecular formula is C21H31NO3. The molecule has 0 bridgehead atoms. The normalized spacial score (nSPS) is 29.8. The number of hydrogen-bond acceptors (Lipinski definition) is 3. The van der Waals surface area contributed by atoms with Crippen molar-refractivity contribution in [2.24, 2.45) is 5.92 Å². The van der Waals surface area contributed by atoms with E-state index in [1.807, 2.05) is 30.0 Å². The van der Waals surface area contributed by atoms with E-state index in [-0.39, 0.29) is 24.5 Å². The van der Waals surface area contributed by atoms with Crippen LogP contribution in [-0.2, 0) is 16.0 Å². The highest BCUT2D eigenvalue weighted by Crippen LogP contribution is 2.40. The van der Waals surface area contributed by atoms with Crippen LogP contribution in [0.4, 0.5) is 0 Å². The predicted octanol–water partition coefficient (Wildman–Crippen LogP) is 3.18. The number of benzene rings is 1. The molecule has 1 aromatic rings. The third kappa shape index (κ3) is 4.62. The Balaban J connectivity index is 1.49. The van der Waals surface area contributed by atoms with Crippen molar-refractivity contribution in [3.63, 3.8) is 0 Å². The van der Waals surface area contributed by atoms with Crippen LogP contribution >= 0.6 is 0 Å². The minimum Gasteiger partial charge on any atom is -0.390 e. The molecule has 138 valence electrons. The van der Waals surface area contributed by atoms with Crippen molar-refractivity contribution >= 4 is 5.91 Å². The van der Waals surface area contributed by atoms with Crippen molar-refractivity contribution in [1.82, 2.24) is 4.90 Å². The maximum absolute atomic E-state index is 12.6. The van der Waals surface area contributed by atoms with E-state index in [4.69, 9.17) is 4.74 Å². The van der Waals surface area contributed by atoms with Crippen molar-refractivity contribution in [3.8, 4) is 0 Å². The van der Waals surface area contributed by atoms with Gasteiger partial charge in [-0.05, 0) is 44.6 Å². The summed E-state index contributed by atoms with van der Waals surface area (Å²) in [5, 5.41) is 10.8. The minimum absolute atomic E-state index is 0.0805. The Bertz CT molecular complexity index is 558. The van der Waals surface area contributed by atoms with Crippen LogP contribution in [0.1, 0.15) is 51.0 Å². The smallest absolute Gasteiger partial charge is 0.248 e. The number of hydrogen-bond donors (Lipinski definition) is 1. The van der Waals surface area contributed by atoms with Crippen LogP contribution in [-0.4, -0.2) is 47.3 Å². The molecule has 1 amide bonds. The molecule has 1 N–H and O–H groups in total. The summed E-state index contributed by atoms with van der Waals surface area (Å²) in [5.41, 5.74) is 0.590. The molecule has 0 unspecified atom stereocenters. The van der Waals surface area contributed by atoms with Gasteiger partial charge < -0.3 is 14.7 Å². The third-order valence-electron chi connectivity index (χ3n) is 5.93. The number of aliphatic hydroxyl groups is 1. The van der Waals surface area contributed by atoms with Gasteiger partial charge in [0, 0.05) is 18.5 Å². The number of carbonyl (C=O) groups excluding carboxylic acids is 1. The zero-order valence-electron chi connectivity index (χ0n) is 15.3. The number of amides is 1. The zero-order chi connectivity index (χ0) is 17.7. The molecule has 25 heavy (non-hydrogen) atoms. The lowest BCUT2D eigenvalue weighted by atomic mass is 9.72. The van der Waals surface area contributed by atoms with Gasteiger partial charge in [-0.2, -0.15) is 0 Å². The van der Waals surface area contributed by atoms with E-state index < -0.39 is 5.60 Å². The fraction of sp³-hybridized carbons (Fsp3) is 0.667. The summed E-state index contributed by atoms with van der Waals surface area (Å²) in [7, 11) is 0. The maximum Gasteiger partial charge on any atom is 0.248 e. The number of rotatable bonds is 6. The first-order valence-electron chi connectivity index (χ1n) is 9.71. The Hall–Kier alpha value is -1.39. The molecule has 2 fully saturated rings. The second kappa shape index (κ2) is 8.33. The maximum atomic E-state index is 12.6. The Morgan fingerprint density at radius 1 is 1.24 bits per heavy atom. The molecule has 1 aliphatic carbocycles. The highest BCUT2D eigenvalue weighted by Gasteiger charge is 2.44. The fourth-order valence-corrected chi connectivity index (χ4v) is 4.55. The summed E-state index contributed by atoms with van der Waals surface area (Å²) >= 11 is 0. The molecule has 1 saturated carbocycles. The average molecular weight is 345 g/mol. The van der Waals surface area contributed by atoms with E-state index in [1.54, 1.807) is 0 Å². The Morgan fingerprint density at radius 2 is 2.04 bits per heavy atom. The van der Waals surface area contributed by atoms with Crippen molar-refractivity contribution in [1.29, 1.82) is 0 Å². The van der Waals surface area contributed by atoms with Crippen molar-refractivity contribution in [2.45, 2.75) is 63.5 Å². The van der Waals surface area contributed by atoms with Crippen LogP contribution in [0.2, 0.25) is 0 Å². The molecular weight excluding hydrogens is 314 g/mol. The molecule has 1 heterocycles. The van der Waals surface area contributed by atoms with E-state index >= 15 is 0 Å². The summed E-state index contributed by atoms with van der Waals surface area (Å²) in [6, 6.07) is 10.4. The molecule has 0 spiro atoms. The van der Waals surface area contributed by atoms with Gasteiger partial charge in [0.25, 0.3) is 0 Å². The summed E-state index contributed by atoms with van der Waals surface area (Å²) in [4.78, 5) is 14.6. The molecule has 4 heteroatoms. The number of nitrogens with zero attached hydrogens (tertiary/aromatic N) is 1. The van der Waals surface area contributed by atoms with Crippen molar-refractivity contribution < 1.29 is 14.6 Å². The predicted molar refractivity (Wildman–Crippen MR) is 98.3 cm³/mol. The highest BCUT2D eigenvalue weighted by molar-refractivity contribution is 5.78. The molecule has 1 aliphatic heterocycles. The van der Waals surface area contributed by atoms with Gasteiger partial charge >= 0.3 is 0 Å². The first kappa shape index (κ1) is 18.4. The second-order valence-electron chi connectivity index (χ2n) is 7.79. The van der Waals surface area contributed by atoms with Crippen LogP contribution in [0.3, 0.4) is 0 Å². The molecule has 0 radical (unpaired) electrons. The van der Waals surface area contributed by atoms with Crippen LogP contribution < -0.4 is 0 Å². The van der Waals surface area contributed by atoms with Gasteiger partial charge in [0.15, 0.2) is 0 Å². The largest absolute Gasteiger partial charge is 0.390 e. The zero-order valence-corrected chi connectivity index (χ0v) is 15.3. The standard InChI is InChI=1S/C21H31NO3/c1-21(24)13-6-5-10-18(21)19-11-7-14-22(19)20(23)16-25-15-12-17-8-3-2-4-9-17/h2-4,8-9,18-19,24H,5-7,10-16H2,1H3/t18-,19-,21+/m1/s1. The van der Waals surface area contributed by atoms with Gasteiger partial charge in [0.05, 0.1) is 12.2 Å². The summed E-state index contributed by atoms with van der Waals surface area (Å²) < 4.78 is 5.65. The quantitative estimate of drug-likeness (QED) is 0.806. The first-order valence-corrected chi connectivity index (χ1v) is 9.71. The molecule has 2 aliphatic rings. The number of carbonyl (C=O) groups is 1. The van der Waals surface area contributed by atoms with Crippen LogP contribution in [0.15, 0.2) is 30.3 Å². The van der Waals surface area contributed by atoms with E-state index in [2.05, 4.69) is 12.1 Å². The minimum atomic E-state index is -0.639. The Labute approximate surface area is 151 Å². The molecule has 0 aromatic heterocycles. The lowest BCUT2D eigenvalue weighted by Crippen LogP contribution is -2.51.